The number of fused-ring (bicyclic) bond motifs is 1. The topological polar surface area (TPSA) is 38.3 Å². The Labute approximate surface area is 113 Å². The van der Waals surface area contributed by atoms with E-state index < -0.39 is 0 Å². The lowest BCUT2D eigenvalue weighted by Gasteiger charge is -2.09. The third-order valence-electron chi connectivity index (χ3n) is 2.97. The first-order valence-electron chi connectivity index (χ1n) is 6.68. The zero-order valence-electron chi connectivity index (χ0n) is 11.2. The number of hydrogen-bond acceptors (Lipinski definition) is 3. The first kappa shape index (κ1) is 13.4. The second kappa shape index (κ2) is 6.78. The predicted molar refractivity (Wildman–Crippen MR) is 78.3 cm³/mol. The highest BCUT2D eigenvalue weighted by Crippen LogP contribution is 2.22. The summed E-state index contributed by atoms with van der Waals surface area (Å²) in [4.78, 5) is 11.2. The lowest BCUT2D eigenvalue weighted by atomic mass is 10.1. The average Bonchev–Trinajstić information content (AvgIpc) is 2.44. The fourth-order valence-electron chi connectivity index (χ4n) is 2.07. The molecule has 0 amide bonds. The number of carbonyl (C=O) groups is 1. The van der Waals surface area contributed by atoms with Crippen LogP contribution in [0.25, 0.3) is 10.8 Å². The Bertz CT molecular complexity index is 546. The molecule has 0 saturated heterocycles. The van der Waals surface area contributed by atoms with Gasteiger partial charge >= 0.3 is 5.97 Å². The molecule has 3 heteroatoms. The van der Waals surface area contributed by atoms with Crippen LogP contribution in [0.1, 0.15) is 19.8 Å². The number of carbonyl (C=O) groups excluding carboxylic acids is 1. The maximum absolute atomic E-state index is 11.2. The van der Waals surface area contributed by atoms with Crippen LogP contribution in [0, 0.1) is 0 Å². The van der Waals surface area contributed by atoms with E-state index in [0.717, 1.165) is 18.7 Å². The Morgan fingerprint density at radius 1 is 1.16 bits per heavy atom. The number of benzene rings is 2. The first-order valence-corrected chi connectivity index (χ1v) is 6.68. The Hall–Kier alpha value is -2.03. The Kier molecular flexibility index (Phi) is 4.78. The van der Waals surface area contributed by atoms with Crippen LogP contribution in [0.15, 0.2) is 42.5 Å². The maximum Gasteiger partial charge on any atom is 0.305 e. The Balaban J connectivity index is 1.90. The summed E-state index contributed by atoms with van der Waals surface area (Å²) in [5, 5.41) is 5.81. The molecule has 0 saturated carbocycles. The van der Waals surface area contributed by atoms with Crippen molar-refractivity contribution in [1.82, 2.24) is 0 Å². The second-order valence-corrected chi connectivity index (χ2v) is 4.36. The molecular formula is C16H19NO2. The molecule has 0 radical (unpaired) electrons. The van der Waals surface area contributed by atoms with Crippen molar-refractivity contribution < 1.29 is 9.53 Å². The van der Waals surface area contributed by atoms with Gasteiger partial charge in [0.2, 0.25) is 0 Å². The molecule has 3 nitrogen and oxygen atoms in total. The summed E-state index contributed by atoms with van der Waals surface area (Å²) in [6.07, 6.45) is 1.24. The van der Waals surface area contributed by atoms with Gasteiger partial charge in [-0.25, -0.2) is 0 Å². The lowest BCUT2D eigenvalue weighted by Crippen LogP contribution is -2.08. The van der Waals surface area contributed by atoms with Gasteiger partial charge in [0.1, 0.15) is 0 Å². The Morgan fingerprint density at radius 2 is 1.95 bits per heavy atom. The Morgan fingerprint density at radius 3 is 2.79 bits per heavy atom. The van der Waals surface area contributed by atoms with Gasteiger partial charge in [-0.3, -0.25) is 4.79 Å². The summed E-state index contributed by atoms with van der Waals surface area (Å²) in [5.41, 5.74) is 1.11. The van der Waals surface area contributed by atoms with E-state index in [0.29, 0.717) is 13.0 Å². The van der Waals surface area contributed by atoms with Gasteiger partial charge in [-0.1, -0.05) is 36.4 Å². The summed E-state index contributed by atoms with van der Waals surface area (Å²) in [6.45, 7) is 3.05. The van der Waals surface area contributed by atoms with Gasteiger partial charge in [0, 0.05) is 24.0 Å². The van der Waals surface area contributed by atoms with Gasteiger partial charge in [-0.2, -0.15) is 0 Å². The fraction of sp³-hybridized carbons (Fsp3) is 0.312. The SMILES string of the molecule is CCOC(=O)CCCNc1cccc2ccccc12. The van der Waals surface area contributed by atoms with E-state index in [2.05, 4.69) is 29.6 Å². The molecule has 2 aromatic rings. The van der Waals surface area contributed by atoms with Gasteiger partial charge in [-0.15, -0.1) is 0 Å². The van der Waals surface area contributed by atoms with Gasteiger partial charge in [-0.05, 0) is 24.8 Å². The van der Waals surface area contributed by atoms with Gasteiger partial charge in [0.25, 0.3) is 0 Å². The minimum atomic E-state index is -0.123. The highest BCUT2D eigenvalue weighted by molar-refractivity contribution is 5.93. The predicted octanol–water partition coefficient (Wildman–Crippen LogP) is 3.60. The highest BCUT2D eigenvalue weighted by Gasteiger charge is 2.02. The summed E-state index contributed by atoms with van der Waals surface area (Å²) in [5.74, 6) is -0.123. The van der Waals surface area contributed by atoms with Gasteiger partial charge in [0.15, 0.2) is 0 Å². The van der Waals surface area contributed by atoms with Crippen molar-refractivity contribution in [2.24, 2.45) is 0 Å². The number of anilines is 1. The molecule has 100 valence electrons. The quantitative estimate of drug-likeness (QED) is 0.634. The minimum absolute atomic E-state index is 0.123. The monoisotopic (exact) mass is 257 g/mol. The van der Waals surface area contributed by atoms with Crippen molar-refractivity contribution in [3.05, 3.63) is 42.5 Å². The minimum Gasteiger partial charge on any atom is -0.466 e. The average molecular weight is 257 g/mol. The summed E-state index contributed by atoms with van der Waals surface area (Å²) < 4.78 is 4.90. The molecule has 2 aromatic carbocycles. The zero-order valence-corrected chi connectivity index (χ0v) is 11.2. The summed E-state index contributed by atoms with van der Waals surface area (Å²) in [7, 11) is 0. The van der Waals surface area contributed by atoms with Crippen LogP contribution >= 0.6 is 0 Å². The van der Waals surface area contributed by atoms with E-state index in [1.54, 1.807) is 0 Å². The fourth-order valence-corrected chi connectivity index (χ4v) is 2.07. The molecule has 0 spiro atoms. The number of rotatable bonds is 6. The highest BCUT2D eigenvalue weighted by atomic mass is 16.5. The van der Waals surface area contributed by atoms with E-state index in [1.807, 2.05) is 25.1 Å². The molecular weight excluding hydrogens is 238 g/mol. The third-order valence-corrected chi connectivity index (χ3v) is 2.97. The molecule has 0 aliphatic heterocycles. The number of esters is 1. The van der Waals surface area contributed by atoms with Crippen LogP contribution in [-0.4, -0.2) is 19.1 Å². The largest absolute Gasteiger partial charge is 0.466 e. The van der Waals surface area contributed by atoms with Crippen molar-refractivity contribution in [2.75, 3.05) is 18.5 Å². The lowest BCUT2D eigenvalue weighted by molar-refractivity contribution is -0.143. The van der Waals surface area contributed by atoms with Crippen LogP contribution in [0.2, 0.25) is 0 Å². The van der Waals surface area contributed by atoms with E-state index in [9.17, 15) is 4.79 Å². The second-order valence-electron chi connectivity index (χ2n) is 4.36. The van der Waals surface area contributed by atoms with E-state index >= 15 is 0 Å². The van der Waals surface area contributed by atoms with Crippen LogP contribution in [0.4, 0.5) is 5.69 Å². The molecule has 0 heterocycles. The molecule has 0 bridgehead atoms. The van der Waals surface area contributed by atoms with Crippen molar-refractivity contribution in [3.63, 3.8) is 0 Å². The molecule has 0 aromatic heterocycles. The molecule has 0 unspecified atom stereocenters. The molecule has 0 aliphatic rings. The van der Waals surface area contributed by atoms with E-state index in [-0.39, 0.29) is 5.97 Å². The zero-order chi connectivity index (χ0) is 13.5. The van der Waals surface area contributed by atoms with Crippen LogP contribution in [0.5, 0.6) is 0 Å². The van der Waals surface area contributed by atoms with Crippen LogP contribution in [-0.2, 0) is 9.53 Å². The summed E-state index contributed by atoms with van der Waals surface area (Å²) >= 11 is 0. The van der Waals surface area contributed by atoms with E-state index in [1.165, 1.54) is 10.8 Å². The third kappa shape index (κ3) is 3.71. The molecule has 1 N–H and O–H groups in total. The smallest absolute Gasteiger partial charge is 0.305 e. The van der Waals surface area contributed by atoms with Gasteiger partial charge < -0.3 is 10.1 Å². The summed E-state index contributed by atoms with van der Waals surface area (Å²) in [6, 6.07) is 14.5. The van der Waals surface area contributed by atoms with Crippen LogP contribution in [0.3, 0.4) is 0 Å². The molecule has 0 atom stereocenters. The number of ether oxygens (including phenoxy) is 1. The number of hydrogen-bond donors (Lipinski definition) is 1. The molecule has 2 rings (SSSR count). The first-order chi connectivity index (χ1) is 9.31. The standard InChI is InChI=1S/C16H19NO2/c1-2-19-16(18)11-6-12-17-15-10-5-8-13-7-3-4-9-14(13)15/h3-5,7-10,17H,2,6,11-12H2,1H3. The molecule has 19 heavy (non-hydrogen) atoms. The maximum atomic E-state index is 11.2. The van der Waals surface area contributed by atoms with Crippen molar-refractivity contribution in [2.45, 2.75) is 19.8 Å². The molecule has 0 fully saturated rings. The van der Waals surface area contributed by atoms with Crippen molar-refractivity contribution >= 4 is 22.4 Å². The van der Waals surface area contributed by atoms with E-state index in [4.69, 9.17) is 4.74 Å². The number of nitrogens with one attached hydrogen (secondary N) is 1. The van der Waals surface area contributed by atoms with Crippen molar-refractivity contribution in [1.29, 1.82) is 0 Å². The molecule has 0 aliphatic carbocycles. The van der Waals surface area contributed by atoms with Crippen LogP contribution < -0.4 is 5.32 Å². The van der Waals surface area contributed by atoms with Crippen molar-refractivity contribution in [3.8, 4) is 0 Å². The van der Waals surface area contributed by atoms with Gasteiger partial charge in [0.05, 0.1) is 6.61 Å². The normalized spacial score (nSPS) is 10.4.